The number of nitrogens with two attached hydrogens (primary N) is 1. The number of rotatable bonds is 5. The summed E-state index contributed by atoms with van der Waals surface area (Å²) in [5.41, 5.74) is 5.06. The fourth-order valence-corrected chi connectivity index (χ4v) is 3.22. The van der Waals surface area contributed by atoms with E-state index in [0.717, 1.165) is 37.3 Å². The van der Waals surface area contributed by atoms with Gasteiger partial charge in [0.1, 0.15) is 13.1 Å². The highest BCUT2D eigenvalue weighted by Crippen LogP contribution is 2.27. The molecule has 2 heterocycles. The second-order valence-electron chi connectivity index (χ2n) is 5.66. The van der Waals surface area contributed by atoms with Crippen LogP contribution in [0.15, 0.2) is 0 Å². The number of hydrogen-bond acceptors (Lipinski definition) is 4. The second kappa shape index (κ2) is 6.75. The third-order valence-corrected chi connectivity index (χ3v) is 4.12. The number of carbonyl (C=O) groups excluding carboxylic acids is 2. The lowest BCUT2D eigenvalue weighted by Crippen LogP contribution is -2.53. The van der Waals surface area contributed by atoms with Crippen molar-refractivity contribution >= 4 is 17.9 Å². The molecule has 8 heteroatoms. The van der Waals surface area contributed by atoms with Gasteiger partial charge in [-0.1, -0.05) is 6.42 Å². The van der Waals surface area contributed by atoms with Crippen LogP contribution in [-0.2, 0) is 9.59 Å². The van der Waals surface area contributed by atoms with Crippen LogP contribution in [0.2, 0.25) is 0 Å². The van der Waals surface area contributed by atoms with E-state index in [-0.39, 0.29) is 12.6 Å². The molecular formula is C13H22N4O4. The molecule has 0 aromatic heterocycles. The fraction of sp³-hybridized carbons (Fsp3) is 0.769. The van der Waals surface area contributed by atoms with Crippen LogP contribution in [0.1, 0.15) is 25.7 Å². The number of nitrogens with one attached hydrogen (secondary N) is 1. The third-order valence-electron chi connectivity index (χ3n) is 4.12. The minimum absolute atomic E-state index is 0.0157. The lowest BCUT2D eigenvalue weighted by Gasteiger charge is -2.33. The molecule has 4 N–H and O–H groups in total. The highest BCUT2D eigenvalue weighted by atomic mass is 16.4. The van der Waals surface area contributed by atoms with Gasteiger partial charge in [0, 0.05) is 18.6 Å². The van der Waals surface area contributed by atoms with Gasteiger partial charge in [-0.3, -0.25) is 14.5 Å². The van der Waals surface area contributed by atoms with Crippen molar-refractivity contribution in [2.24, 2.45) is 5.73 Å². The number of aliphatic carboxylic acids is 1. The Labute approximate surface area is 123 Å². The first-order valence-electron chi connectivity index (χ1n) is 7.27. The van der Waals surface area contributed by atoms with E-state index < -0.39 is 24.5 Å². The van der Waals surface area contributed by atoms with Crippen LogP contribution in [0.3, 0.4) is 0 Å². The Hall–Kier alpha value is -1.83. The van der Waals surface area contributed by atoms with Crippen molar-refractivity contribution in [3.63, 3.8) is 0 Å². The number of urea groups is 1. The van der Waals surface area contributed by atoms with E-state index in [2.05, 4.69) is 10.2 Å². The molecule has 0 radical (unpaired) electrons. The number of nitrogens with zero attached hydrogens (tertiary/aromatic N) is 2. The summed E-state index contributed by atoms with van der Waals surface area (Å²) in [6.45, 7) is 1.08. The number of primary amides is 1. The Morgan fingerprint density at radius 1 is 1.19 bits per heavy atom. The van der Waals surface area contributed by atoms with Crippen molar-refractivity contribution in [1.82, 2.24) is 15.1 Å². The minimum atomic E-state index is -1.17. The second-order valence-corrected chi connectivity index (χ2v) is 5.66. The van der Waals surface area contributed by atoms with Gasteiger partial charge < -0.3 is 21.1 Å². The number of fused-ring (bicyclic) bond motifs is 1. The predicted octanol–water partition coefficient (Wildman–Crippen LogP) is -0.805. The van der Waals surface area contributed by atoms with Crippen molar-refractivity contribution < 1.29 is 19.5 Å². The molecular weight excluding hydrogens is 276 g/mol. The highest BCUT2D eigenvalue weighted by molar-refractivity contribution is 5.86. The molecule has 2 rings (SSSR count). The molecule has 2 unspecified atom stereocenters. The average molecular weight is 298 g/mol. The van der Waals surface area contributed by atoms with Gasteiger partial charge in [0.05, 0.1) is 0 Å². The van der Waals surface area contributed by atoms with E-state index in [1.165, 1.54) is 6.42 Å². The van der Waals surface area contributed by atoms with Crippen LogP contribution >= 0.6 is 0 Å². The fourth-order valence-electron chi connectivity index (χ4n) is 3.22. The Morgan fingerprint density at radius 2 is 1.95 bits per heavy atom. The maximum absolute atomic E-state index is 12.2. The number of carboxylic acid groups (broad SMARTS) is 1. The van der Waals surface area contributed by atoms with E-state index in [1.54, 1.807) is 0 Å². The van der Waals surface area contributed by atoms with E-state index in [1.807, 2.05) is 0 Å². The Morgan fingerprint density at radius 3 is 2.62 bits per heavy atom. The van der Waals surface area contributed by atoms with Crippen LogP contribution in [-0.4, -0.2) is 71.1 Å². The van der Waals surface area contributed by atoms with Crippen molar-refractivity contribution in [1.29, 1.82) is 0 Å². The van der Waals surface area contributed by atoms with Gasteiger partial charge in [-0.05, 0) is 25.8 Å². The summed E-state index contributed by atoms with van der Waals surface area (Å²) < 4.78 is 0. The Kier molecular flexibility index (Phi) is 5.00. The van der Waals surface area contributed by atoms with Gasteiger partial charge in [0.15, 0.2) is 0 Å². The quantitative estimate of drug-likeness (QED) is 0.614. The molecule has 0 aromatic carbocycles. The summed E-state index contributed by atoms with van der Waals surface area (Å²) in [5, 5.41) is 11.7. The van der Waals surface area contributed by atoms with Crippen molar-refractivity contribution in [3.8, 4) is 0 Å². The first kappa shape index (κ1) is 15.6. The van der Waals surface area contributed by atoms with E-state index in [0.29, 0.717) is 6.04 Å². The number of hydrogen-bond donors (Lipinski definition) is 3. The monoisotopic (exact) mass is 298 g/mol. The minimum Gasteiger partial charge on any atom is -0.480 e. The van der Waals surface area contributed by atoms with Crippen molar-refractivity contribution in [3.05, 3.63) is 0 Å². The first-order valence-corrected chi connectivity index (χ1v) is 7.27. The van der Waals surface area contributed by atoms with Crippen molar-refractivity contribution in [2.75, 3.05) is 26.2 Å². The van der Waals surface area contributed by atoms with E-state index >= 15 is 0 Å². The van der Waals surface area contributed by atoms with Crippen LogP contribution in [0.25, 0.3) is 0 Å². The molecule has 0 bridgehead atoms. The molecule has 8 nitrogen and oxygen atoms in total. The summed E-state index contributed by atoms with van der Waals surface area (Å²) in [6, 6.07) is -0.196. The van der Waals surface area contributed by atoms with E-state index in [9.17, 15) is 14.4 Å². The Bertz CT molecular complexity index is 412. The smallest absolute Gasteiger partial charge is 0.323 e. The molecule has 3 amide bonds. The molecule has 2 aliphatic heterocycles. The summed E-state index contributed by atoms with van der Waals surface area (Å²) in [7, 11) is 0. The van der Waals surface area contributed by atoms with Crippen LogP contribution < -0.4 is 11.1 Å². The lowest BCUT2D eigenvalue weighted by atomic mass is 9.99. The van der Waals surface area contributed by atoms with Gasteiger partial charge in [-0.2, -0.15) is 0 Å². The van der Waals surface area contributed by atoms with E-state index in [4.69, 9.17) is 10.8 Å². The molecule has 2 fully saturated rings. The number of amides is 3. The molecule has 2 aliphatic rings. The first-order chi connectivity index (χ1) is 9.97. The SMILES string of the molecule is NC(=O)CN(CC(=O)O)C(=O)NC1CCN2CCCCC12. The lowest BCUT2D eigenvalue weighted by molar-refractivity contribution is -0.137. The van der Waals surface area contributed by atoms with Crippen LogP contribution in [0.4, 0.5) is 4.79 Å². The highest BCUT2D eigenvalue weighted by Gasteiger charge is 2.37. The Balaban J connectivity index is 1.94. The molecule has 0 aromatic rings. The van der Waals surface area contributed by atoms with Crippen LogP contribution in [0, 0.1) is 0 Å². The number of carbonyl (C=O) groups is 3. The van der Waals surface area contributed by atoms with Crippen LogP contribution in [0.5, 0.6) is 0 Å². The maximum atomic E-state index is 12.2. The predicted molar refractivity (Wildman–Crippen MR) is 74.6 cm³/mol. The summed E-state index contributed by atoms with van der Waals surface area (Å²) >= 11 is 0. The van der Waals surface area contributed by atoms with Crippen molar-refractivity contribution in [2.45, 2.75) is 37.8 Å². The number of piperidine rings is 1. The third kappa shape index (κ3) is 4.07. The molecule has 21 heavy (non-hydrogen) atoms. The zero-order valence-corrected chi connectivity index (χ0v) is 12.0. The molecule has 0 spiro atoms. The zero-order chi connectivity index (χ0) is 15.4. The van der Waals surface area contributed by atoms with Gasteiger partial charge in [0.2, 0.25) is 5.91 Å². The van der Waals surface area contributed by atoms with Gasteiger partial charge >= 0.3 is 12.0 Å². The standard InChI is InChI=1S/C13H22N4O4/c14-11(18)7-17(8-12(19)20)13(21)15-9-4-6-16-5-2-1-3-10(9)16/h9-10H,1-8H2,(H2,14,18)(H,15,21)(H,19,20). The maximum Gasteiger partial charge on any atom is 0.323 e. The molecule has 0 aliphatic carbocycles. The zero-order valence-electron chi connectivity index (χ0n) is 12.0. The summed E-state index contributed by atoms with van der Waals surface area (Å²) in [4.78, 5) is 37.2. The molecule has 118 valence electrons. The largest absolute Gasteiger partial charge is 0.480 e. The topological polar surface area (TPSA) is 116 Å². The molecule has 2 saturated heterocycles. The van der Waals surface area contributed by atoms with Gasteiger partial charge in [0.25, 0.3) is 0 Å². The molecule has 0 saturated carbocycles. The summed E-state index contributed by atoms with van der Waals surface area (Å²) in [5.74, 6) is -1.89. The average Bonchev–Trinajstić information content (AvgIpc) is 2.80. The molecule has 2 atom stereocenters. The summed E-state index contributed by atoms with van der Waals surface area (Å²) in [6.07, 6.45) is 4.23. The number of carboxylic acids is 1. The van der Waals surface area contributed by atoms with Gasteiger partial charge in [-0.25, -0.2) is 4.79 Å². The normalized spacial score (nSPS) is 25.1. The van der Waals surface area contributed by atoms with Gasteiger partial charge in [-0.15, -0.1) is 0 Å².